The fraction of sp³-hybridized carbons (Fsp3) is 0.455. The Bertz CT molecular complexity index is 1440. The van der Waals surface area contributed by atoms with Gasteiger partial charge in [-0.2, -0.15) is 0 Å². The first-order chi connectivity index (χ1) is 22.1. The zero-order valence-corrected chi connectivity index (χ0v) is 26.2. The number of esters is 1. The number of amides is 4. The van der Waals surface area contributed by atoms with E-state index in [4.69, 9.17) is 14.0 Å². The van der Waals surface area contributed by atoms with Crippen molar-refractivity contribution in [3.05, 3.63) is 77.7 Å². The average Bonchev–Trinajstić information content (AvgIpc) is 3.66. The van der Waals surface area contributed by atoms with Crippen LogP contribution in [-0.2, 0) is 28.7 Å². The molecule has 1 saturated heterocycles. The molecule has 3 heterocycles. The fourth-order valence-corrected chi connectivity index (χ4v) is 5.23. The van der Waals surface area contributed by atoms with Crippen LogP contribution >= 0.6 is 0 Å². The number of carbonyl (C=O) groups excluding carboxylic acids is 5. The summed E-state index contributed by atoms with van der Waals surface area (Å²) in [5.41, 5.74) is 0.658. The minimum Gasteiger partial charge on any atom is -0.458 e. The van der Waals surface area contributed by atoms with Gasteiger partial charge in [0.2, 0.25) is 17.7 Å². The summed E-state index contributed by atoms with van der Waals surface area (Å²) in [4.78, 5) is 65.7. The summed E-state index contributed by atoms with van der Waals surface area (Å²) < 4.78 is 16.5. The molecule has 46 heavy (non-hydrogen) atoms. The van der Waals surface area contributed by atoms with Crippen molar-refractivity contribution >= 4 is 29.6 Å². The number of nitrogens with zero attached hydrogens (tertiary/aromatic N) is 1. The summed E-state index contributed by atoms with van der Waals surface area (Å²) in [6.07, 6.45) is 6.52. The Balaban J connectivity index is 1.67. The number of rotatable bonds is 8. The molecule has 1 aromatic heterocycles. The predicted octanol–water partition coefficient (Wildman–Crippen LogP) is 2.05. The van der Waals surface area contributed by atoms with E-state index in [0.717, 1.165) is 0 Å². The van der Waals surface area contributed by atoms with Crippen LogP contribution in [0.25, 0.3) is 0 Å². The molecule has 1 aromatic carbocycles. The van der Waals surface area contributed by atoms with Gasteiger partial charge in [-0.15, -0.1) is 0 Å². The number of hydrogen-bond donors (Lipinski definition) is 4. The van der Waals surface area contributed by atoms with Crippen LogP contribution in [0.5, 0.6) is 0 Å². The predicted molar refractivity (Wildman–Crippen MR) is 166 cm³/mol. The van der Waals surface area contributed by atoms with E-state index in [2.05, 4.69) is 26.4 Å². The molecule has 246 valence electrons. The van der Waals surface area contributed by atoms with Crippen LogP contribution < -0.4 is 21.3 Å². The highest BCUT2D eigenvalue weighted by Crippen LogP contribution is 2.24. The molecule has 0 aliphatic carbocycles. The van der Waals surface area contributed by atoms with Gasteiger partial charge in [-0.1, -0.05) is 67.6 Å². The maximum absolute atomic E-state index is 14.2. The zero-order chi connectivity index (χ0) is 33.1. The van der Waals surface area contributed by atoms with Crippen molar-refractivity contribution in [1.82, 2.24) is 26.4 Å². The number of aromatic nitrogens is 1. The highest BCUT2D eigenvalue weighted by Gasteiger charge is 2.37. The molecule has 13 nitrogen and oxygen atoms in total. The van der Waals surface area contributed by atoms with Gasteiger partial charge < -0.3 is 35.3 Å². The smallest absolute Gasteiger partial charge is 0.330 e. The Morgan fingerprint density at radius 1 is 1.09 bits per heavy atom. The SMILES string of the molecule is Cc1cc(C(=O)N[C@H](C(=O)N[C@@H]2C(=O)N[C@@H](C[C@@H]3CCNC3=O)/C=C\C(=O)OC/C=C/CCO[C@H]2c2ccccc2)C(C)C)no1. The maximum atomic E-state index is 14.2. The molecule has 0 radical (unpaired) electrons. The van der Waals surface area contributed by atoms with E-state index in [1.165, 1.54) is 18.2 Å². The second kappa shape index (κ2) is 16.5. The Labute approximate surface area is 267 Å². The molecule has 2 aromatic rings. The summed E-state index contributed by atoms with van der Waals surface area (Å²) in [7, 11) is 0. The number of cyclic esters (lactones) is 1. The van der Waals surface area contributed by atoms with Crippen LogP contribution in [0.4, 0.5) is 0 Å². The van der Waals surface area contributed by atoms with E-state index >= 15 is 0 Å². The maximum Gasteiger partial charge on any atom is 0.330 e. The molecule has 4 amide bonds. The Morgan fingerprint density at radius 3 is 2.54 bits per heavy atom. The molecule has 2 aliphatic heterocycles. The Kier molecular flexibility index (Phi) is 12.2. The lowest BCUT2D eigenvalue weighted by atomic mass is 9.96. The minimum atomic E-state index is -1.27. The van der Waals surface area contributed by atoms with E-state index in [1.807, 2.05) is 6.07 Å². The first kappa shape index (κ1) is 34.1. The third-order valence-electron chi connectivity index (χ3n) is 7.67. The van der Waals surface area contributed by atoms with Crippen LogP contribution in [0.1, 0.15) is 61.0 Å². The molecule has 4 rings (SSSR count). The second-order valence-corrected chi connectivity index (χ2v) is 11.6. The van der Waals surface area contributed by atoms with Crippen LogP contribution in [0.15, 0.2) is 65.2 Å². The Morgan fingerprint density at radius 2 is 1.87 bits per heavy atom. The van der Waals surface area contributed by atoms with E-state index in [1.54, 1.807) is 57.2 Å². The van der Waals surface area contributed by atoms with Crippen LogP contribution in [0.2, 0.25) is 0 Å². The topological polar surface area (TPSA) is 178 Å². The largest absolute Gasteiger partial charge is 0.458 e. The summed E-state index contributed by atoms with van der Waals surface area (Å²) in [5.74, 6) is -2.88. The quantitative estimate of drug-likeness (QED) is 0.250. The van der Waals surface area contributed by atoms with Crippen molar-refractivity contribution < 1.29 is 38.0 Å². The number of ether oxygens (including phenoxy) is 2. The zero-order valence-electron chi connectivity index (χ0n) is 26.2. The summed E-state index contributed by atoms with van der Waals surface area (Å²) in [6.45, 7) is 5.93. The number of nitrogens with one attached hydrogen (secondary N) is 4. The van der Waals surface area contributed by atoms with Crippen molar-refractivity contribution in [2.75, 3.05) is 19.8 Å². The standard InChI is InChI=1S/C33H41N5O8/c1-20(2)27(36-31(41)25-18-21(3)46-38-25)32(42)37-28-29(22-10-6-4-7-11-22)45-17-9-5-8-16-44-26(39)13-12-24(35-33(28)43)19-23-14-15-34-30(23)40/h4-8,10-13,18,20,23-24,27-29H,9,14-17,19H2,1-3H3,(H,34,40)(H,35,43)(H,36,41)(H,37,42)/b8-5+,13-12-/t23-,24+,27-,28-,29-/m0/s1. The number of benzene rings is 1. The van der Waals surface area contributed by atoms with Crippen LogP contribution in [0, 0.1) is 18.8 Å². The molecule has 0 bridgehead atoms. The summed E-state index contributed by atoms with van der Waals surface area (Å²) in [5, 5.41) is 15.0. The lowest BCUT2D eigenvalue weighted by Crippen LogP contribution is -2.58. The highest BCUT2D eigenvalue weighted by molar-refractivity contribution is 5.97. The van der Waals surface area contributed by atoms with Crippen molar-refractivity contribution in [2.45, 2.75) is 64.3 Å². The summed E-state index contributed by atoms with van der Waals surface area (Å²) >= 11 is 0. The fourth-order valence-electron chi connectivity index (χ4n) is 5.23. The van der Waals surface area contributed by atoms with E-state index in [9.17, 15) is 24.0 Å². The molecular formula is C33H41N5O8. The lowest BCUT2D eigenvalue weighted by Gasteiger charge is -2.31. The lowest BCUT2D eigenvalue weighted by molar-refractivity contribution is -0.136. The van der Waals surface area contributed by atoms with E-state index in [-0.39, 0.29) is 43.1 Å². The third-order valence-corrected chi connectivity index (χ3v) is 7.67. The molecule has 13 heteroatoms. The monoisotopic (exact) mass is 635 g/mol. The van der Waals surface area contributed by atoms with Crippen molar-refractivity contribution in [3.8, 4) is 0 Å². The highest BCUT2D eigenvalue weighted by atomic mass is 16.5. The number of carbonyl (C=O) groups is 5. The normalized spacial score (nSPS) is 24.8. The first-order valence-corrected chi connectivity index (χ1v) is 15.4. The average molecular weight is 636 g/mol. The van der Waals surface area contributed by atoms with Gasteiger partial charge in [0.1, 0.15) is 30.6 Å². The molecule has 0 spiro atoms. The molecule has 0 saturated carbocycles. The molecule has 2 aliphatic rings. The molecule has 0 unspecified atom stereocenters. The van der Waals surface area contributed by atoms with Crippen LogP contribution in [0.3, 0.4) is 0 Å². The summed E-state index contributed by atoms with van der Waals surface area (Å²) in [6, 6.07) is 7.42. The third kappa shape index (κ3) is 9.61. The van der Waals surface area contributed by atoms with E-state index < -0.39 is 47.9 Å². The van der Waals surface area contributed by atoms with E-state index in [0.29, 0.717) is 30.7 Å². The minimum absolute atomic E-state index is 0.0188. The van der Waals surface area contributed by atoms with Gasteiger partial charge in [0, 0.05) is 30.6 Å². The number of aryl methyl sites for hydroxylation is 1. The van der Waals surface area contributed by atoms with Gasteiger partial charge >= 0.3 is 5.97 Å². The van der Waals surface area contributed by atoms with Crippen molar-refractivity contribution in [2.24, 2.45) is 11.8 Å². The van der Waals surface area contributed by atoms with Gasteiger partial charge in [-0.05, 0) is 37.7 Å². The van der Waals surface area contributed by atoms with Gasteiger partial charge in [0.05, 0.1) is 6.61 Å². The Hall–Kier alpha value is -4.78. The van der Waals surface area contributed by atoms with Gasteiger partial charge in [0.15, 0.2) is 5.69 Å². The first-order valence-electron chi connectivity index (χ1n) is 15.4. The van der Waals surface area contributed by atoms with Crippen LogP contribution in [-0.4, -0.2) is 72.6 Å². The van der Waals surface area contributed by atoms with Gasteiger partial charge in [-0.3, -0.25) is 19.2 Å². The van der Waals surface area contributed by atoms with Gasteiger partial charge in [-0.25, -0.2) is 4.79 Å². The molecule has 5 atom stereocenters. The molecule has 1 fully saturated rings. The van der Waals surface area contributed by atoms with Crippen molar-refractivity contribution in [1.29, 1.82) is 0 Å². The number of hydrogen-bond acceptors (Lipinski definition) is 9. The van der Waals surface area contributed by atoms with Crippen molar-refractivity contribution in [3.63, 3.8) is 0 Å². The molecular weight excluding hydrogens is 594 g/mol. The molecule has 4 N–H and O–H groups in total. The second-order valence-electron chi connectivity index (χ2n) is 11.6. The van der Waals surface area contributed by atoms with Gasteiger partial charge in [0.25, 0.3) is 5.91 Å².